The summed E-state index contributed by atoms with van der Waals surface area (Å²) in [5.41, 5.74) is 2.77. The molecule has 1 N–H and O–H groups in total. The average Bonchev–Trinajstić information content (AvgIpc) is 2.95. The first-order valence-electron chi connectivity index (χ1n) is 8.41. The van der Waals surface area contributed by atoms with Gasteiger partial charge in [-0.25, -0.2) is 0 Å². The fraction of sp³-hybridized carbons (Fsp3) is 0.529. The number of fused-ring (bicyclic) bond motifs is 3. The largest absolute Gasteiger partial charge is 0.334 e. The van der Waals surface area contributed by atoms with Crippen molar-refractivity contribution in [2.45, 2.75) is 25.3 Å². The Morgan fingerprint density at radius 3 is 2.78 bits per heavy atom. The van der Waals surface area contributed by atoms with Gasteiger partial charge in [0.05, 0.1) is 16.8 Å². The maximum absolute atomic E-state index is 13.3. The second kappa shape index (κ2) is 5.05. The minimum Gasteiger partial charge on any atom is -0.334 e. The van der Waals surface area contributed by atoms with Crippen LogP contribution in [0.15, 0.2) is 16.6 Å². The number of hydrogen-bond donors (Lipinski definition) is 1. The third-order valence-electron chi connectivity index (χ3n) is 5.85. The summed E-state index contributed by atoms with van der Waals surface area (Å²) in [5, 5.41) is 8.55. The lowest BCUT2D eigenvalue weighted by molar-refractivity contribution is 0.00821. The molecule has 0 aliphatic carbocycles. The number of carbonyl (C=O) groups excluding carboxylic acids is 1. The van der Waals surface area contributed by atoms with Crippen LogP contribution in [0.1, 0.15) is 28.9 Å². The molecule has 4 aliphatic rings. The van der Waals surface area contributed by atoms with E-state index in [-0.39, 0.29) is 5.91 Å². The molecule has 0 radical (unpaired) electrons. The van der Waals surface area contributed by atoms with E-state index in [0.717, 1.165) is 46.1 Å². The molecule has 3 saturated heterocycles. The molecule has 5 heterocycles. The number of aromatic nitrogens is 2. The smallest absolute Gasteiger partial charge is 0.254 e. The normalized spacial score (nSPS) is 30.0. The molecule has 5 nitrogen and oxygen atoms in total. The molecule has 1 aromatic carbocycles. The molecule has 0 unspecified atom stereocenters. The predicted molar refractivity (Wildman–Crippen MR) is 91.5 cm³/mol. The summed E-state index contributed by atoms with van der Waals surface area (Å²) in [6, 6.07) is 4.28. The topological polar surface area (TPSA) is 52.2 Å². The number of amides is 1. The number of nitrogens with zero attached hydrogens (tertiary/aromatic N) is 3. The van der Waals surface area contributed by atoms with Gasteiger partial charge in [0.1, 0.15) is 0 Å². The molecule has 0 saturated carbocycles. The summed E-state index contributed by atoms with van der Waals surface area (Å²) in [5.74, 6) is 0.850. The number of piperidine rings is 3. The van der Waals surface area contributed by atoms with Crippen molar-refractivity contribution in [3.63, 3.8) is 0 Å². The number of nitrogens with one attached hydrogen (secondary N) is 1. The van der Waals surface area contributed by atoms with E-state index in [0.29, 0.717) is 12.0 Å². The Kier molecular flexibility index (Phi) is 3.07. The molecular weight excluding hydrogens is 356 g/mol. The van der Waals surface area contributed by atoms with Gasteiger partial charge in [-0.3, -0.25) is 9.89 Å². The van der Waals surface area contributed by atoms with Gasteiger partial charge < -0.3 is 9.80 Å². The van der Waals surface area contributed by atoms with Crippen LogP contribution in [0.25, 0.3) is 10.9 Å². The summed E-state index contributed by atoms with van der Waals surface area (Å²) >= 11 is 3.56. The molecule has 3 fully saturated rings. The number of carbonyl (C=O) groups is 1. The summed E-state index contributed by atoms with van der Waals surface area (Å²) in [7, 11) is 0. The monoisotopic (exact) mass is 374 g/mol. The Balaban J connectivity index is 1.58. The molecule has 120 valence electrons. The maximum Gasteiger partial charge on any atom is 0.254 e. The molecule has 1 atom stereocenters. The quantitative estimate of drug-likeness (QED) is 0.833. The Morgan fingerprint density at radius 2 is 2.04 bits per heavy atom. The third kappa shape index (κ3) is 2.01. The first-order valence-corrected chi connectivity index (χ1v) is 9.20. The molecule has 6 rings (SSSR count). The van der Waals surface area contributed by atoms with E-state index in [1.807, 2.05) is 12.1 Å². The van der Waals surface area contributed by atoms with Crippen molar-refractivity contribution < 1.29 is 4.79 Å². The van der Waals surface area contributed by atoms with Crippen LogP contribution in [-0.4, -0.2) is 58.1 Å². The second-order valence-corrected chi connectivity index (χ2v) is 7.82. The Hall–Kier alpha value is -1.40. The van der Waals surface area contributed by atoms with Crippen molar-refractivity contribution in [2.75, 3.05) is 26.2 Å². The van der Waals surface area contributed by atoms with Crippen LogP contribution < -0.4 is 0 Å². The van der Waals surface area contributed by atoms with Gasteiger partial charge in [-0.1, -0.05) is 0 Å². The predicted octanol–water partition coefficient (Wildman–Crippen LogP) is 2.42. The van der Waals surface area contributed by atoms with Gasteiger partial charge in [0.15, 0.2) is 0 Å². The van der Waals surface area contributed by atoms with Crippen molar-refractivity contribution in [1.29, 1.82) is 0 Å². The molecule has 1 aromatic heterocycles. The van der Waals surface area contributed by atoms with Crippen LogP contribution >= 0.6 is 15.9 Å². The summed E-state index contributed by atoms with van der Waals surface area (Å²) in [6.45, 7) is 4.22. The van der Waals surface area contributed by atoms with Gasteiger partial charge in [-0.2, -0.15) is 5.10 Å². The molecule has 4 aliphatic heterocycles. The molecule has 2 bridgehead atoms. The lowest BCUT2D eigenvalue weighted by atomic mass is 9.83. The Labute approximate surface area is 143 Å². The van der Waals surface area contributed by atoms with E-state index in [1.54, 1.807) is 0 Å². The average molecular weight is 375 g/mol. The number of halogens is 1. The molecule has 2 aromatic rings. The standard InChI is InChI=1S/C17H19BrN4O/c18-12-2-1-11-15-13(19-20-16(12)15)5-8-22(17(11)23)14-9-21-6-3-10(14)4-7-21/h1-2,10,14H,3-9H2,(H,19,20)/t14-/m1/s1. The minimum atomic E-state index is 0.182. The van der Waals surface area contributed by atoms with E-state index >= 15 is 0 Å². The first-order chi connectivity index (χ1) is 11.2. The van der Waals surface area contributed by atoms with E-state index in [4.69, 9.17) is 0 Å². The van der Waals surface area contributed by atoms with E-state index in [9.17, 15) is 4.79 Å². The highest BCUT2D eigenvalue weighted by atomic mass is 79.9. The third-order valence-corrected chi connectivity index (χ3v) is 6.51. The zero-order valence-electron chi connectivity index (χ0n) is 12.9. The second-order valence-electron chi connectivity index (χ2n) is 6.97. The fourth-order valence-electron chi connectivity index (χ4n) is 4.61. The van der Waals surface area contributed by atoms with Crippen molar-refractivity contribution in [2.24, 2.45) is 5.92 Å². The van der Waals surface area contributed by atoms with Crippen LogP contribution in [0.4, 0.5) is 0 Å². The highest BCUT2D eigenvalue weighted by Crippen LogP contribution is 2.35. The van der Waals surface area contributed by atoms with Crippen molar-refractivity contribution in [3.05, 3.63) is 27.9 Å². The Morgan fingerprint density at radius 1 is 1.22 bits per heavy atom. The molecule has 6 heteroatoms. The van der Waals surface area contributed by atoms with Gasteiger partial charge in [0.2, 0.25) is 0 Å². The summed E-state index contributed by atoms with van der Waals surface area (Å²) in [6.07, 6.45) is 3.29. The van der Waals surface area contributed by atoms with E-state index in [2.05, 4.69) is 35.9 Å². The first kappa shape index (κ1) is 14.0. The van der Waals surface area contributed by atoms with Crippen molar-refractivity contribution >= 4 is 32.7 Å². The van der Waals surface area contributed by atoms with Crippen LogP contribution in [0.2, 0.25) is 0 Å². The fourth-order valence-corrected chi connectivity index (χ4v) is 5.03. The molecule has 1 amide bonds. The van der Waals surface area contributed by atoms with Crippen LogP contribution in [0, 0.1) is 5.92 Å². The number of aromatic amines is 1. The van der Waals surface area contributed by atoms with Crippen LogP contribution in [0.3, 0.4) is 0 Å². The Bertz CT molecular complexity index is 793. The lowest BCUT2D eigenvalue weighted by Crippen LogP contribution is -2.58. The summed E-state index contributed by atoms with van der Waals surface area (Å²) in [4.78, 5) is 17.9. The molecular formula is C17H19BrN4O. The number of H-pyrrole nitrogens is 1. The van der Waals surface area contributed by atoms with Crippen LogP contribution in [-0.2, 0) is 6.42 Å². The molecule has 23 heavy (non-hydrogen) atoms. The maximum atomic E-state index is 13.3. The zero-order valence-corrected chi connectivity index (χ0v) is 14.5. The van der Waals surface area contributed by atoms with Gasteiger partial charge in [0.25, 0.3) is 5.91 Å². The van der Waals surface area contributed by atoms with Gasteiger partial charge >= 0.3 is 0 Å². The number of rotatable bonds is 1. The highest BCUT2D eigenvalue weighted by Gasteiger charge is 2.40. The van der Waals surface area contributed by atoms with Crippen molar-refractivity contribution in [1.82, 2.24) is 20.0 Å². The number of hydrogen-bond acceptors (Lipinski definition) is 3. The van der Waals surface area contributed by atoms with E-state index in [1.165, 1.54) is 25.9 Å². The van der Waals surface area contributed by atoms with Gasteiger partial charge in [-0.15, -0.1) is 0 Å². The van der Waals surface area contributed by atoms with Crippen LogP contribution in [0.5, 0.6) is 0 Å². The minimum absolute atomic E-state index is 0.182. The molecule has 0 spiro atoms. The summed E-state index contributed by atoms with van der Waals surface area (Å²) < 4.78 is 0.971. The van der Waals surface area contributed by atoms with E-state index < -0.39 is 0 Å². The lowest BCUT2D eigenvalue weighted by Gasteiger charge is -2.49. The zero-order chi connectivity index (χ0) is 15.6. The number of benzene rings is 1. The van der Waals surface area contributed by atoms with Crippen molar-refractivity contribution in [3.8, 4) is 0 Å². The van der Waals surface area contributed by atoms with Gasteiger partial charge in [0, 0.05) is 35.4 Å². The SMILES string of the molecule is O=C1c2ccc(Br)c3[nH]nc(c23)CCN1[C@@H]1CN2CCC1CC2. The highest BCUT2D eigenvalue weighted by molar-refractivity contribution is 9.10. The van der Waals surface area contributed by atoms with Gasteiger partial charge in [-0.05, 0) is 59.9 Å².